The number of carbonyl (C=O) groups is 1. The van der Waals surface area contributed by atoms with Crippen LogP contribution in [-0.4, -0.2) is 12.1 Å². The standard InChI is InChI=1S/C8H14O2/c1-6-3-4-8(9)10-7(2)5-6/h6-7H,3-5H2,1-2H3. The third-order valence-corrected chi connectivity index (χ3v) is 1.91. The van der Waals surface area contributed by atoms with E-state index in [0.29, 0.717) is 12.3 Å². The summed E-state index contributed by atoms with van der Waals surface area (Å²) in [6, 6.07) is 0. The molecule has 1 aliphatic heterocycles. The van der Waals surface area contributed by atoms with Crippen molar-refractivity contribution in [2.24, 2.45) is 5.92 Å². The third-order valence-electron chi connectivity index (χ3n) is 1.91. The van der Waals surface area contributed by atoms with Crippen LogP contribution in [0.4, 0.5) is 0 Å². The van der Waals surface area contributed by atoms with Gasteiger partial charge in [0.25, 0.3) is 0 Å². The summed E-state index contributed by atoms with van der Waals surface area (Å²) in [4.78, 5) is 10.8. The first-order valence-corrected chi connectivity index (χ1v) is 3.88. The molecule has 0 N–H and O–H groups in total. The van der Waals surface area contributed by atoms with Crippen molar-refractivity contribution in [1.82, 2.24) is 0 Å². The van der Waals surface area contributed by atoms with Gasteiger partial charge in [0.05, 0.1) is 6.10 Å². The normalized spacial score (nSPS) is 34.8. The second kappa shape index (κ2) is 3.04. The van der Waals surface area contributed by atoms with Crippen LogP contribution in [0.3, 0.4) is 0 Å². The second-order valence-electron chi connectivity index (χ2n) is 3.18. The lowest BCUT2D eigenvalue weighted by Gasteiger charge is -2.10. The molecule has 1 rings (SSSR count). The fourth-order valence-electron chi connectivity index (χ4n) is 1.38. The van der Waals surface area contributed by atoms with Crippen molar-refractivity contribution in [2.45, 2.75) is 39.2 Å². The predicted molar refractivity (Wildman–Crippen MR) is 38.6 cm³/mol. The van der Waals surface area contributed by atoms with Gasteiger partial charge in [0.1, 0.15) is 0 Å². The summed E-state index contributed by atoms with van der Waals surface area (Å²) >= 11 is 0. The van der Waals surface area contributed by atoms with Crippen molar-refractivity contribution < 1.29 is 9.53 Å². The van der Waals surface area contributed by atoms with E-state index in [2.05, 4.69) is 6.92 Å². The van der Waals surface area contributed by atoms with E-state index in [4.69, 9.17) is 4.74 Å². The van der Waals surface area contributed by atoms with Gasteiger partial charge < -0.3 is 4.74 Å². The Morgan fingerprint density at radius 1 is 1.50 bits per heavy atom. The Kier molecular flexibility index (Phi) is 2.30. The molecule has 0 aromatic rings. The number of rotatable bonds is 0. The highest BCUT2D eigenvalue weighted by Gasteiger charge is 2.18. The Morgan fingerprint density at radius 3 is 2.90 bits per heavy atom. The van der Waals surface area contributed by atoms with E-state index in [1.807, 2.05) is 6.92 Å². The number of hydrogen-bond acceptors (Lipinski definition) is 2. The van der Waals surface area contributed by atoms with E-state index in [-0.39, 0.29) is 12.1 Å². The van der Waals surface area contributed by atoms with Crippen molar-refractivity contribution in [3.63, 3.8) is 0 Å². The summed E-state index contributed by atoms with van der Waals surface area (Å²) < 4.78 is 5.04. The largest absolute Gasteiger partial charge is 0.463 e. The van der Waals surface area contributed by atoms with Crippen molar-refractivity contribution in [1.29, 1.82) is 0 Å². The molecule has 0 spiro atoms. The quantitative estimate of drug-likeness (QED) is 0.481. The molecule has 2 unspecified atom stereocenters. The van der Waals surface area contributed by atoms with Gasteiger partial charge in [-0.05, 0) is 25.7 Å². The smallest absolute Gasteiger partial charge is 0.306 e. The fraction of sp³-hybridized carbons (Fsp3) is 0.875. The average Bonchev–Trinajstić information content (AvgIpc) is 1.93. The first kappa shape index (κ1) is 7.58. The molecule has 0 aliphatic carbocycles. The molecule has 1 saturated heterocycles. The number of ether oxygens (including phenoxy) is 1. The summed E-state index contributed by atoms with van der Waals surface area (Å²) in [5.74, 6) is 0.610. The third kappa shape index (κ3) is 2.01. The number of cyclic esters (lactones) is 1. The summed E-state index contributed by atoms with van der Waals surface area (Å²) in [5, 5.41) is 0. The molecular formula is C8H14O2. The van der Waals surface area contributed by atoms with E-state index in [1.165, 1.54) is 0 Å². The molecule has 1 heterocycles. The highest BCUT2D eigenvalue weighted by molar-refractivity contribution is 5.69. The average molecular weight is 142 g/mol. The maximum atomic E-state index is 10.8. The van der Waals surface area contributed by atoms with Crippen molar-refractivity contribution in [2.75, 3.05) is 0 Å². The van der Waals surface area contributed by atoms with Crippen LogP contribution in [0.25, 0.3) is 0 Å². The minimum atomic E-state index is -0.0307. The Morgan fingerprint density at radius 2 is 2.20 bits per heavy atom. The summed E-state index contributed by atoms with van der Waals surface area (Å²) in [6.07, 6.45) is 2.74. The van der Waals surface area contributed by atoms with E-state index >= 15 is 0 Å². The summed E-state index contributed by atoms with van der Waals surface area (Å²) in [5.41, 5.74) is 0. The van der Waals surface area contributed by atoms with Crippen molar-refractivity contribution in [3.05, 3.63) is 0 Å². The maximum Gasteiger partial charge on any atom is 0.306 e. The molecule has 1 aliphatic rings. The Balaban J connectivity index is 2.46. The first-order chi connectivity index (χ1) is 4.68. The molecule has 0 amide bonds. The molecule has 0 saturated carbocycles. The van der Waals surface area contributed by atoms with Crippen LogP contribution in [0, 0.1) is 5.92 Å². The Labute approximate surface area is 61.6 Å². The zero-order valence-corrected chi connectivity index (χ0v) is 6.59. The van der Waals surface area contributed by atoms with Gasteiger partial charge in [0.2, 0.25) is 0 Å². The van der Waals surface area contributed by atoms with E-state index in [1.54, 1.807) is 0 Å². The molecule has 0 aromatic heterocycles. The van der Waals surface area contributed by atoms with Gasteiger partial charge in [-0.1, -0.05) is 6.92 Å². The maximum absolute atomic E-state index is 10.8. The highest BCUT2D eigenvalue weighted by Crippen LogP contribution is 2.19. The zero-order valence-electron chi connectivity index (χ0n) is 6.59. The monoisotopic (exact) mass is 142 g/mol. The van der Waals surface area contributed by atoms with Gasteiger partial charge in [0, 0.05) is 6.42 Å². The summed E-state index contributed by atoms with van der Waals surface area (Å²) in [7, 11) is 0. The molecule has 2 heteroatoms. The number of carbonyl (C=O) groups excluding carboxylic acids is 1. The second-order valence-corrected chi connectivity index (χ2v) is 3.18. The lowest BCUT2D eigenvalue weighted by atomic mass is 10.0. The van der Waals surface area contributed by atoms with Crippen molar-refractivity contribution >= 4 is 5.97 Å². The van der Waals surface area contributed by atoms with Gasteiger partial charge in [0.15, 0.2) is 0 Å². The zero-order chi connectivity index (χ0) is 7.56. The molecule has 0 aromatic carbocycles. The van der Waals surface area contributed by atoms with Crippen LogP contribution in [0.15, 0.2) is 0 Å². The minimum Gasteiger partial charge on any atom is -0.463 e. The minimum absolute atomic E-state index is 0.0307. The van der Waals surface area contributed by atoms with Gasteiger partial charge in [-0.2, -0.15) is 0 Å². The molecule has 2 nitrogen and oxygen atoms in total. The Hall–Kier alpha value is -0.530. The van der Waals surface area contributed by atoms with E-state index in [0.717, 1.165) is 12.8 Å². The van der Waals surface area contributed by atoms with E-state index in [9.17, 15) is 4.79 Å². The molecule has 10 heavy (non-hydrogen) atoms. The number of esters is 1. The first-order valence-electron chi connectivity index (χ1n) is 3.88. The molecule has 0 bridgehead atoms. The molecule has 2 atom stereocenters. The van der Waals surface area contributed by atoms with Crippen LogP contribution in [0.2, 0.25) is 0 Å². The molecule has 58 valence electrons. The van der Waals surface area contributed by atoms with Crippen LogP contribution >= 0.6 is 0 Å². The van der Waals surface area contributed by atoms with Gasteiger partial charge in [-0.15, -0.1) is 0 Å². The fourth-order valence-corrected chi connectivity index (χ4v) is 1.38. The topological polar surface area (TPSA) is 26.3 Å². The molecule has 1 fully saturated rings. The summed E-state index contributed by atoms with van der Waals surface area (Å²) in [6.45, 7) is 4.12. The van der Waals surface area contributed by atoms with Gasteiger partial charge in [-0.25, -0.2) is 0 Å². The predicted octanol–water partition coefficient (Wildman–Crippen LogP) is 1.74. The Bertz CT molecular complexity index is 131. The van der Waals surface area contributed by atoms with Crippen LogP contribution in [0.5, 0.6) is 0 Å². The SMILES string of the molecule is CC1CCC(=O)OC(C)C1. The van der Waals surface area contributed by atoms with Gasteiger partial charge >= 0.3 is 5.97 Å². The highest BCUT2D eigenvalue weighted by atomic mass is 16.5. The van der Waals surface area contributed by atoms with Crippen LogP contribution in [-0.2, 0) is 9.53 Å². The van der Waals surface area contributed by atoms with Gasteiger partial charge in [-0.3, -0.25) is 4.79 Å². The van der Waals surface area contributed by atoms with Crippen LogP contribution in [0.1, 0.15) is 33.1 Å². The van der Waals surface area contributed by atoms with Crippen molar-refractivity contribution in [3.8, 4) is 0 Å². The lowest BCUT2D eigenvalue weighted by molar-refractivity contribution is -0.147. The molecular weight excluding hydrogens is 128 g/mol. The van der Waals surface area contributed by atoms with Crippen LogP contribution < -0.4 is 0 Å². The van der Waals surface area contributed by atoms with E-state index < -0.39 is 0 Å². The number of hydrogen-bond donors (Lipinski definition) is 0. The lowest BCUT2D eigenvalue weighted by Crippen LogP contribution is -2.11. The molecule has 0 radical (unpaired) electrons.